The maximum Gasteiger partial charge on any atom is 0.308 e. The van der Waals surface area contributed by atoms with Crippen LogP contribution >= 0.6 is 0 Å². The molecule has 0 aliphatic carbocycles. The lowest BCUT2D eigenvalue weighted by molar-refractivity contribution is -0.385. The number of ether oxygens (including phenoxy) is 3. The molecule has 0 fully saturated rings. The van der Waals surface area contributed by atoms with Crippen molar-refractivity contribution >= 4 is 35.0 Å². The number of amidine groups is 1. The summed E-state index contributed by atoms with van der Waals surface area (Å²) in [7, 11) is 0. The van der Waals surface area contributed by atoms with Crippen LogP contribution in [0.4, 0.5) is 11.4 Å². The van der Waals surface area contributed by atoms with Crippen LogP contribution in [0, 0.1) is 15.5 Å². The number of anilines is 1. The van der Waals surface area contributed by atoms with Gasteiger partial charge in [0.2, 0.25) is 18.6 Å². The second-order valence-corrected chi connectivity index (χ2v) is 7.69. The lowest BCUT2D eigenvalue weighted by atomic mass is 10.00. The van der Waals surface area contributed by atoms with Gasteiger partial charge < -0.3 is 30.6 Å². The number of nitrogen functional groups attached to an aromatic ring is 1. The number of carbonyl (C=O) groups excluding carboxylic acids is 3. The topological polar surface area (TPSA) is 196 Å². The van der Waals surface area contributed by atoms with E-state index in [4.69, 9.17) is 25.4 Å². The van der Waals surface area contributed by atoms with Gasteiger partial charge in [0, 0.05) is 24.1 Å². The van der Waals surface area contributed by atoms with E-state index in [2.05, 4.69) is 10.6 Å². The van der Waals surface area contributed by atoms with Gasteiger partial charge in [0.25, 0.3) is 5.69 Å². The van der Waals surface area contributed by atoms with E-state index in [9.17, 15) is 24.5 Å². The molecule has 1 heterocycles. The minimum Gasteiger partial charge on any atom is -0.466 e. The predicted molar refractivity (Wildman–Crippen MR) is 127 cm³/mol. The largest absolute Gasteiger partial charge is 0.466 e. The van der Waals surface area contributed by atoms with Crippen LogP contribution < -0.4 is 25.8 Å². The van der Waals surface area contributed by atoms with Crippen LogP contribution in [0.3, 0.4) is 0 Å². The average molecular weight is 499 g/mol. The van der Waals surface area contributed by atoms with Crippen LogP contribution in [0.25, 0.3) is 0 Å². The Hall–Kier alpha value is -4.68. The summed E-state index contributed by atoms with van der Waals surface area (Å²) in [5, 5.41) is 24.3. The Bertz CT molecular complexity index is 1180. The first-order valence-electron chi connectivity index (χ1n) is 10.9. The summed E-state index contributed by atoms with van der Waals surface area (Å²) in [6.45, 7) is 1.59. The van der Waals surface area contributed by atoms with E-state index in [1.54, 1.807) is 31.2 Å². The van der Waals surface area contributed by atoms with Gasteiger partial charge in [-0.2, -0.15) is 0 Å². The number of fused-ring (bicyclic) bond motifs is 1. The molecule has 0 spiro atoms. The van der Waals surface area contributed by atoms with Crippen molar-refractivity contribution in [1.82, 2.24) is 5.32 Å². The van der Waals surface area contributed by atoms with Gasteiger partial charge in [-0.3, -0.25) is 29.9 Å². The number of amides is 2. The van der Waals surface area contributed by atoms with Gasteiger partial charge >= 0.3 is 5.97 Å². The van der Waals surface area contributed by atoms with Gasteiger partial charge in [-0.05, 0) is 37.3 Å². The third-order valence-electron chi connectivity index (χ3n) is 5.16. The Morgan fingerprint density at radius 1 is 1.14 bits per heavy atom. The van der Waals surface area contributed by atoms with E-state index in [1.807, 2.05) is 0 Å². The molecule has 0 radical (unpaired) electrons. The van der Waals surface area contributed by atoms with Gasteiger partial charge in [-0.1, -0.05) is 0 Å². The fourth-order valence-electron chi connectivity index (χ4n) is 3.46. The smallest absolute Gasteiger partial charge is 0.308 e. The standard InChI is InChI=1S/C23H25N5O8/c1-2-34-22(31)10-16(15-9-18-19(36-12-35-18)11-17(15)28(32)33)27-21(30)8-7-20(29)26-14-5-3-13(4-6-14)23(24)25/h3-6,9,11,16H,2,7-8,10,12H2,1H3,(H3,24,25)(H,26,29)(H,27,30). The molecule has 0 saturated carbocycles. The lowest BCUT2D eigenvalue weighted by Gasteiger charge is -2.19. The molecule has 190 valence electrons. The molecule has 5 N–H and O–H groups in total. The maximum atomic E-state index is 12.7. The minimum atomic E-state index is -1.10. The molecular weight excluding hydrogens is 474 g/mol. The van der Waals surface area contributed by atoms with Crippen LogP contribution in [0.5, 0.6) is 11.5 Å². The molecule has 2 aromatic carbocycles. The van der Waals surface area contributed by atoms with Crippen molar-refractivity contribution in [3.63, 3.8) is 0 Å². The normalized spacial score (nSPS) is 12.4. The van der Waals surface area contributed by atoms with Crippen molar-refractivity contribution in [3.05, 3.63) is 57.6 Å². The number of rotatable bonds is 11. The van der Waals surface area contributed by atoms with Crippen LogP contribution in [-0.2, 0) is 19.1 Å². The fourth-order valence-corrected chi connectivity index (χ4v) is 3.46. The summed E-state index contributed by atoms with van der Waals surface area (Å²) in [5.74, 6) is -1.39. The lowest BCUT2D eigenvalue weighted by Crippen LogP contribution is -2.31. The minimum absolute atomic E-state index is 0.0423. The Kier molecular flexibility index (Phi) is 8.39. The second-order valence-electron chi connectivity index (χ2n) is 7.69. The number of nitro groups is 1. The third kappa shape index (κ3) is 6.68. The molecule has 13 nitrogen and oxygen atoms in total. The summed E-state index contributed by atoms with van der Waals surface area (Å²) >= 11 is 0. The van der Waals surface area contributed by atoms with Crippen LogP contribution in [0.15, 0.2) is 36.4 Å². The van der Waals surface area contributed by atoms with Crippen molar-refractivity contribution in [2.75, 3.05) is 18.7 Å². The number of nitrogens with two attached hydrogens (primary N) is 1. The van der Waals surface area contributed by atoms with Gasteiger partial charge in [0.1, 0.15) is 5.84 Å². The van der Waals surface area contributed by atoms with Crippen molar-refractivity contribution in [2.24, 2.45) is 5.73 Å². The highest BCUT2D eigenvalue weighted by Gasteiger charge is 2.30. The fraction of sp³-hybridized carbons (Fsp3) is 0.304. The second kappa shape index (κ2) is 11.6. The van der Waals surface area contributed by atoms with Crippen LogP contribution in [0.2, 0.25) is 0 Å². The molecule has 13 heteroatoms. The number of nitrogens with zero attached hydrogens (tertiary/aromatic N) is 1. The van der Waals surface area contributed by atoms with E-state index < -0.39 is 28.7 Å². The van der Waals surface area contributed by atoms with Gasteiger partial charge in [-0.25, -0.2) is 0 Å². The molecule has 3 rings (SSSR count). The summed E-state index contributed by atoms with van der Waals surface area (Å²) in [6, 6.07) is 7.71. The molecule has 1 unspecified atom stereocenters. The van der Waals surface area contributed by atoms with Gasteiger partial charge in [0.15, 0.2) is 11.5 Å². The van der Waals surface area contributed by atoms with Gasteiger partial charge in [0.05, 0.1) is 35.6 Å². The summed E-state index contributed by atoms with van der Waals surface area (Å²) in [6.07, 6.45) is -0.792. The first-order chi connectivity index (χ1) is 17.2. The molecule has 1 aliphatic heterocycles. The highest BCUT2D eigenvalue weighted by Crippen LogP contribution is 2.41. The van der Waals surface area contributed by atoms with E-state index in [0.29, 0.717) is 11.3 Å². The number of benzene rings is 2. The third-order valence-corrected chi connectivity index (χ3v) is 5.16. The number of nitro benzene ring substituents is 1. The number of nitrogens with one attached hydrogen (secondary N) is 3. The molecule has 2 amide bonds. The van der Waals surface area contributed by atoms with Crippen molar-refractivity contribution in [2.45, 2.75) is 32.2 Å². The molecule has 2 aromatic rings. The molecule has 36 heavy (non-hydrogen) atoms. The molecular formula is C23H25N5O8. The average Bonchev–Trinajstić information content (AvgIpc) is 3.29. The SMILES string of the molecule is CCOC(=O)CC(NC(=O)CCC(=O)Nc1ccc(C(=N)N)cc1)c1cc2c(cc1[N+](=O)[O-])OCO2. The van der Waals surface area contributed by atoms with Crippen molar-refractivity contribution in [3.8, 4) is 11.5 Å². The predicted octanol–water partition coefficient (Wildman–Crippen LogP) is 2.14. The highest BCUT2D eigenvalue weighted by molar-refractivity contribution is 5.96. The maximum absolute atomic E-state index is 12.7. The molecule has 1 aliphatic rings. The zero-order valence-corrected chi connectivity index (χ0v) is 19.4. The zero-order valence-electron chi connectivity index (χ0n) is 19.4. The first-order valence-corrected chi connectivity index (χ1v) is 10.9. The quantitative estimate of drug-likeness (QED) is 0.118. The Morgan fingerprint density at radius 3 is 2.39 bits per heavy atom. The molecule has 0 bridgehead atoms. The van der Waals surface area contributed by atoms with Crippen molar-refractivity contribution < 1.29 is 33.5 Å². The highest BCUT2D eigenvalue weighted by atomic mass is 16.7. The Morgan fingerprint density at radius 2 is 1.78 bits per heavy atom. The molecule has 0 aromatic heterocycles. The van der Waals surface area contributed by atoms with Crippen LogP contribution in [-0.4, -0.2) is 41.9 Å². The monoisotopic (exact) mass is 499 g/mol. The summed E-state index contributed by atoms with van der Waals surface area (Å²) < 4.78 is 15.4. The summed E-state index contributed by atoms with van der Waals surface area (Å²) in [4.78, 5) is 48.1. The van der Waals surface area contributed by atoms with Crippen molar-refractivity contribution in [1.29, 1.82) is 5.41 Å². The number of hydrogen-bond acceptors (Lipinski definition) is 9. The van der Waals surface area contributed by atoms with E-state index >= 15 is 0 Å². The Balaban J connectivity index is 1.69. The van der Waals surface area contributed by atoms with Crippen LogP contribution in [0.1, 0.15) is 43.4 Å². The number of esters is 1. The van der Waals surface area contributed by atoms with E-state index in [1.165, 1.54) is 12.1 Å². The molecule has 1 atom stereocenters. The number of carbonyl (C=O) groups is 3. The van der Waals surface area contributed by atoms with E-state index in [0.717, 1.165) is 0 Å². The first kappa shape index (κ1) is 25.9. The zero-order chi connectivity index (χ0) is 26.2. The summed E-state index contributed by atoms with van der Waals surface area (Å²) in [5.41, 5.74) is 6.04. The van der Waals surface area contributed by atoms with E-state index in [-0.39, 0.29) is 61.2 Å². The Labute approximate surface area is 205 Å². The van der Waals surface area contributed by atoms with Gasteiger partial charge in [-0.15, -0.1) is 0 Å². The number of hydrogen-bond donors (Lipinski definition) is 4. The molecule has 0 saturated heterocycles.